The van der Waals surface area contributed by atoms with Crippen molar-refractivity contribution in [3.05, 3.63) is 0 Å². The first-order valence-electron chi connectivity index (χ1n) is 6.53. The van der Waals surface area contributed by atoms with E-state index in [0.29, 0.717) is 25.9 Å². The topological polar surface area (TPSA) is 117 Å². The van der Waals surface area contributed by atoms with Gasteiger partial charge in [-0.15, -0.1) is 0 Å². The van der Waals surface area contributed by atoms with E-state index in [1.165, 1.54) is 6.92 Å². The number of amides is 2. The van der Waals surface area contributed by atoms with Gasteiger partial charge in [0.05, 0.1) is 0 Å². The van der Waals surface area contributed by atoms with Crippen molar-refractivity contribution in [1.82, 2.24) is 10.6 Å². The van der Waals surface area contributed by atoms with E-state index in [1.54, 1.807) is 0 Å². The minimum absolute atomic E-state index is 0.0239. The minimum Gasteiger partial charge on any atom is -0.409 e. The molecule has 0 saturated heterocycles. The van der Waals surface area contributed by atoms with E-state index >= 15 is 0 Å². The Labute approximate surface area is 112 Å². The van der Waals surface area contributed by atoms with Crippen LogP contribution in [-0.2, 0) is 9.59 Å². The molecule has 0 bridgehead atoms. The highest BCUT2D eigenvalue weighted by Crippen LogP contribution is 2.36. The van der Waals surface area contributed by atoms with Crippen molar-refractivity contribution in [2.45, 2.75) is 39.0 Å². The van der Waals surface area contributed by atoms with Crippen LogP contribution in [0.5, 0.6) is 0 Å². The molecule has 7 nitrogen and oxygen atoms in total. The summed E-state index contributed by atoms with van der Waals surface area (Å²) in [6, 6.07) is 0. The molecule has 0 aliphatic heterocycles. The lowest BCUT2D eigenvalue weighted by atomic mass is 9.72. The number of amidine groups is 1. The minimum atomic E-state index is -0.900. The highest BCUT2D eigenvalue weighted by atomic mass is 16.4. The average molecular weight is 270 g/mol. The Hall–Kier alpha value is -1.79. The number of rotatable bonds is 5. The van der Waals surface area contributed by atoms with Gasteiger partial charge in [0, 0.05) is 20.0 Å². The summed E-state index contributed by atoms with van der Waals surface area (Å²) < 4.78 is 0. The van der Waals surface area contributed by atoms with Crippen molar-refractivity contribution in [2.24, 2.45) is 16.3 Å². The molecule has 1 aliphatic rings. The summed E-state index contributed by atoms with van der Waals surface area (Å²) in [5.41, 5.74) is 4.81. The van der Waals surface area contributed by atoms with E-state index in [-0.39, 0.29) is 17.6 Å². The highest BCUT2D eigenvalue weighted by molar-refractivity contribution is 6.06. The number of nitrogens with zero attached hydrogens (tertiary/aromatic N) is 1. The predicted molar refractivity (Wildman–Crippen MR) is 70.6 cm³/mol. The molecule has 108 valence electrons. The van der Waals surface area contributed by atoms with Gasteiger partial charge in [0.2, 0.25) is 11.8 Å². The van der Waals surface area contributed by atoms with Crippen molar-refractivity contribution in [3.8, 4) is 0 Å². The van der Waals surface area contributed by atoms with E-state index < -0.39 is 5.41 Å². The van der Waals surface area contributed by atoms with Gasteiger partial charge in [0.25, 0.3) is 0 Å². The van der Waals surface area contributed by atoms with Crippen molar-refractivity contribution < 1.29 is 14.8 Å². The Morgan fingerprint density at radius 3 is 2.32 bits per heavy atom. The van der Waals surface area contributed by atoms with Crippen molar-refractivity contribution in [2.75, 3.05) is 13.1 Å². The van der Waals surface area contributed by atoms with Crippen molar-refractivity contribution >= 4 is 17.6 Å². The van der Waals surface area contributed by atoms with E-state index in [9.17, 15) is 9.59 Å². The molecule has 19 heavy (non-hydrogen) atoms. The quantitative estimate of drug-likeness (QED) is 0.184. The molecule has 0 aromatic rings. The summed E-state index contributed by atoms with van der Waals surface area (Å²) in [6.07, 6.45) is 4.01. The SMILES string of the molecule is CC(=O)NCCNC(=O)C1(C(N)=NO)CCCCC1. The van der Waals surface area contributed by atoms with Gasteiger partial charge < -0.3 is 21.6 Å². The molecular weight excluding hydrogens is 248 g/mol. The molecular formula is C12H22N4O3. The molecule has 1 saturated carbocycles. The standard InChI is InChI=1S/C12H22N4O3/c1-9(17)14-7-8-15-11(18)12(10(13)16-19)5-3-2-4-6-12/h19H,2-8H2,1H3,(H2,13,16)(H,14,17)(H,15,18). The third-order valence-electron chi connectivity index (χ3n) is 3.52. The number of nitrogens with one attached hydrogen (secondary N) is 2. The van der Waals surface area contributed by atoms with Crippen LogP contribution in [0.3, 0.4) is 0 Å². The van der Waals surface area contributed by atoms with Crippen molar-refractivity contribution in [3.63, 3.8) is 0 Å². The van der Waals surface area contributed by atoms with E-state index in [0.717, 1.165) is 19.3 Å². The Bertz CT molecular complexity index is 362. The second-order valence-corrected chi connectivity index (χ2v) is 4.87. The zero-order valence-electron chi connectivity index (χ0n) is 11.2. The lowest BCUT2D eigenvalue weighted by molar-refractivity contribution is -0.129. The molecule has 0 aromatic carbocycles. The molecule has 5 N–H and O–H groups in total. The third-order valence-corrected chi connectivity index (χ3v) is 3.52. The lowest BCUT2D eigenvalue weighted by Crippen LogP contribution is -2.52. The van der Waals surface area contributed by atoms with E-state index in [2.05, 4.69) is 15.8 Å². The maximum absolute atomic E-state index is 12.3. The molecule has 1 aliphatic carbocycles. The second kappa shape index (κ2) is 6.96. The summed E-state index contributed by atoms with van der Waals surface area (Å²) in [6.45, 7) is 2.12. The van der Waals surface area contributed by atoms with Crippen LogP contribution in [0.25, 0.3) is 0 Å². The fraction of sp³-hybridized carbons (Fsp3) is 0.750. The van der Waals surface area contributed by atoms with Gasteiger partial charge in [-0.2, -0.15) is 0 Å². The molecule has 0 atom stereocenters. The van der Waals surface area contributed by atoms with Gasteiger partial charge in [0.15, 0.2) is 5.84 Å². The van der Waals surface area contributed by atoms with Crippen LogP contribution < -0.4 is 16.4 Å². The first kappa shape index (κ1) is 15.3. The second-order valence-electron chi connectivity index (χ2n) is 4.87. The van der Waals surface area contributed by atoms with E-state index in [4.69, 9.17) is 10.9 Å². The molecule has 1 fully saturated rings. The molecule has 7 heteroatoms. The number of hydrogen-bond acceptors (Lipinski definition) is 4. The number of oxime groups is 1. The lowest BCUT2D eigenvalue weighted by Gasteiger charge is -2.34. The number of carbonyl (C=O) groups is 2. The monoisotopic (exact) mass is 270 g/mol. The van der Waals surface area contributed by atoms with Crippen LogP contribution in [0.4, 0.5) is 0 Å². The molecule has 0 heterocycles. The van der Waals surface area contributed by atoms with Crippen LogP contribution in [-0.4, -0.2) is 35.9 Å². The highest BCUT2D eigenvalue weighted by Gasteiger charge is 2.43. The maximum Gasteiger partial charge on any atom is 0.234 e. The smallest absolute Gasteiger partial charge is 0.234 e. The molecule has 2 amide bonds. The van der Waals surface area contributed by atoms with Gasteiger partial charge in [-0.1, -0.05) is 24.4 Å². The normalized spacial score (nSPS) is 18.7. The van der Waals surface area contributed by atoms with Gasteiger partial charge in [-0.25, -0.2) is 0 Å². The Morgan fingerprint density at radius 1 is 1.21 bits per heavy atom. The number of nitrogens with two attached hydrogens (primary N) is 1. The number of carbonyl (C=O) groups excluding carboxylic acids is 2. The summed E-state index contributed by atoms with van der Waals surface area (Å²) in [4.78, 5) is 23.0. The fourth-order valence-electron chi connectivity index (χ4n) is 2.43. The summed E-state index contributed by atoms with van der Waals surface area (Å²) >= 11 is 0. The summed E-state index contributed by atoms with van der Waals surface area (Å²) in [5, 5.41) is 17.2. The predicted octanol–water partition coefficient (Wildman–Crippen LogP) is -0.0644. The summed E-state index contributed by atoms with van der Waals surface area (Å²) in [5.74, 6) is -0.393. The van der Waals surface area contributed by atoms with Crippen LogP contribution in [0.15, 0.2) is 5.16 Å². The van der Waals surface area contributed by atoms with Gasteiger partial charge in [-0.05, 0) is 12.8 Å². The molecule has 1 rings (SSSR count). The van der Waals surface area contributed by atoms with Crippen LogP contribution in [0.1, 0.15) is 39.0 Å². The molecule has 0 spiro atoms. The molecule has 0 aromatic heterocycles. The Kier molecular flexibility index (Phi) is 5.59. The zero-order valence-corrected chi connectivity index (χ0v) is 11.2. The first-order valence-corrected chi connectivity index (χ1v) is 6.53. The van der Waals surface area contributed by atoms with Crippen LogP contribution >= 0.6 is 0 Å². The Balaban J connectivity index is 2.60. The third kappa shape index (κ3) is 3.84. The zero-order chi connectivity index (χ0) is 14.3. The van der Waals surface area contributed by atoms with Crippen LogP contribution in [0, 0.1) is 5.41 Å². The number of hydrogen-bond donors (Lipinski definition) is 4. The van der Waals surface area contributed by atoms with Gasteiger partial charge in [-0.3, -0.25) is 9.59 Å². The molecule has 0 radical (unpaired) electrons. The maximum atomic E-state index is 12.3. The molecule has 0 unspecified atom stereocenters. The van der Waals surface area contributed by atoms with E-state index in [1.807, 2.05) is 0 Å². The van der Waals surface area contributed by atoms with Gasteiger partial charge >= 0.3 is 0 Å². The largest absolute Gasteiger partial charge is 0.409 e. The average Bonchev–Trinajstić information content (AvgIpc) is 2.42. The van der Waals surface area contributed by atoms with Crippen LogP contribution in [0.2, 0.25) is 0 Å². The Morgan fingerprint density at radius 2 is 1.79 bits per heavy atom. The fourth-order valence-corrected chi connectivity index (χ4v) is 2.43. The first-order chi connectivity index (χ1) is 9.03. The van der Waals surface area contributed by atoms with Gasteiger partial charge in [0.1, 0.15) is 5.41 Å². The summed E-state index contributed by atoms with van der Waals surface area (Å²) in [7, 11) is 0. The van der Waals surface area contributed by atoms with Crippen molar-refractivity contribution in [1.29, 1.82) is 0 Å².